The summed E-state index contributed by atoms with van der Waals surface area (Å²) in [5.41, 5.74) is 5.12. The van der Waals surface area contributed by atoms with E-state index in [-0.39, 0.29) is 11.1 Å². The molecule has 0 saturated carbocycles. The minimum absolute atomic E-state index is 0.0282. The molecule has 9 heteroatoms. The van der Waals surface area contributed by atoms with E-state index in [0.29, 0.717) is 0 Å². The predicted molar refractivity (Wildman–Crippen MR) is 76.2 cm³/mol. The van der Waals surface area contributed by atoms with Crippen LogP contribution in [0.4, 0.5) is 0 Å². The number of amides is 2. The van der Waals surface area contributed by atoms with Gasteiger partial charge in [0.15, 0.2) is 6.29 Å². The second kappa shape index (κ2) is 7.02. The third-order valence-corrected chi connectivity index (χ3v) is 3.64. The quantitative estimate of drug-likeness (QED) is 0.351. The highest BCUT2D eigenvalue weighted by Crippen LogP contribution is 2.20. The zero-order chi connectivity index (χ0) is 17.1. The number of rotatable bonds is 4. The largest absolute Gasteiger partial charge is 0.394 e. The first-order valence-corrected chi connectivity index (χ1v) is 6.87. The van der Waals surface area contributed by atoms with Crippen molar-refractivity contribution < 1.29 is 34.8 Å². The Morgan fingerprint density at radius 2 is 1.74 bits per heavy atom. The molecule has 1 heterocycles. The Kier molecular flexibility index (Phi) is 5.29. The molecule has 1 aliphatic rings. The molecule has 0 unspecified atom stereocenters. The van der Waals surface area contributed by atoms with Gasteiger partial charge >= 0.3 is 0 Å². The zero-order valence-corrected chi connectivity index (χ0v) is 12.0. The third-order valence-electron chi connectivity index (χ3n) is 3.64. The summed E-state index contributed by atoms with van der Waals surface area (Å²) in [7, 11) is 0. The fourth-order valence-corrected chi connectivity index (χ4v) is 2.38. The van der Waals surface area contributed by atoms with Gasteiger partial charge in [0, 0.05) is 0 Å². The standard InChI is InChI=1S/C14H18N2O7/c15-12(20)6-3-1-2-4-7(6)13(21)16-9-11(19)10(18)8(5-17)23-14(9)22/h1-4,8-11,14,17-19,22H,5H2,(H2,15,20)(H,16,21)/t8-,9-,10-,11-,14-/m1/s1. The topological polar surface area (TPSA) is 162 Å². The number of hydrogen-bond acceptors (Lipinski definition) is 7. The highest BCUT2D eigenvalue weighted by Gasteiger charge is 2.44. The summed E-state index contributed by atoms with van der Waals surface area (Å²) >= 11 is 0. The molecule has 1 aromatic rings. The van der Waals surface area contributed by atoms with Crippen LogP contribution in [0, 0.1) is 0 Å². The van der Waals surface area contributed by atoms with Gasteiger partial charge in [-0.3, -0.25) is 9.59 Å². The van der Waals surface area contributed by atoms with Crippen LogP contribution in [0.5, 0.6) is 0 Å². The van der Waals surface area contributed by atoms with E-state index in [4.69, 9.17) is 15.6 Å². The second-order valence-corrected chi connectivity index (χ2v) is 5.14. The number of ether oxygens (including phenoxy) is 1. The van der Waals surface area contributed by atoms with Crippen molar-refractivity contribution >= 4 is 11.8 Å². The van der Waals surface area contributed by atoms with Gasteiger partial charge in [-0.05, 0) is 12.1 Å². The SMILES string of the molecule is NC(=O)c1ccccc1C(=O)N[C@@H]1[C@@H](O)[C@H](O)[C@@H](CO)O[C@H]1O. The predicted octanol–water partition coefficient (Wildman–Crippen LogP) is -2.68. The van der Waals surface area contributed by atoms with Crippen LogP contribution in [0.2, 0.25) is 0 Å². The number of hydrogen-bond donors (Lipinski definition) is 6. The molecule has 9 nitrogen and oxygen atoms in total. The van der Waals surface area contributed by atoms with E-state index in [1.165, 1.54) is 24.3 Å². The van der Waals surface area contributed by atoms with Gasteiger partial charge in [-0.2, -0.15) is 0 Å². The summed E-state index contributed by atoms with van der Waals surface area (Å²) in [5, 5.41) is 40.9. The molecule has 1 aliphatic heterocycles. The Morgan fingerprint density at radius 3 is 2.30 bits per heavy atom. The lowest BCUT2D eigenvalue weighted by Gasteiger charge is -2.40. The number of nitrogens with one attached hydrogen (secondary N) is 1. The van der Waals surface area contributed by atoms with E-state index in [1.54, 1.807) is 0 Å². The van der Waals surface area contributed by atoms with Crippen LogP contribution in [0.15, 0.2) is 24.3 Å². The minimum atomic E-state index is -1.64. The molecule has 126 valence electrons. The molecule has 5 atom stereocenters. The van der Waals surface area contributed by atoms with Gasteiger partial charge in [-0.1, -0.05) is 12.1 Å². The van der Waals surface area contributed by atoms with Gasteiger partial charge < -0.3 is 36.2 Å². The molecule has 1 fully saturated rings. The Labute approximate surface area is 131 Å². The summed E-state index contributed by atoms with van der Waals surface area (Å²) in [5.74, 6) is -1.59. The number of benzene rings is 1. The molecule has 23 heavy (non-hydrogen) atoms. The van der Waals surface area contributed by atoms with Crippen molar-refractivity contribution in [2.45, 2.75) is 30.6 Å². The summed E-state index contributed by atoms with van der Waals surface area (Å²) in [4.78, 5) is 23.6. The number of primary amides is 1. The van der Waals surface area contributed by atoms with Gasteiger partial charge in [0.05, 0.1) is 17.7 Å². The molecular formula is C14H18N2O7. The van der Waals surface area contributed by atoms with Gasteiger partial charge in [0.1, 0.15) is 24.4 Å². The maximum Gasteiger partial charge on any atom is 0.252 e. The molecule has 0 radical (unpaired) electrons. The number of aliphatic hydroxyl groups excluding tert-OH is 4. The Bertz CT molecular complexity index is 594. The van der Waals surface area contributed by atoms with Gasteiger partial charge in [-0.25, -0.2) is 0 Å². The highest BCUT2D eigenvalue weighted by atomic mass is 16.6. The smallest absolute Gasteiger partial charge is 0.252 e. The maximum atomic E-state index is 12.3. The van der Waals surface area contributed by atoms with E-state index in [1.807, 2.05) is 0 Å². The monoisotopic (exact) mass is 326 g/mol. The highest BCUT2D eigenvalue weighted by molar-refractivity contribution is 6.06. The van der Waals surface area contributed by atoms with E-state index < -0.39 is 49.1 Å². The number of nitrogens with two attached hydrogens (primary N) is 1. The zero-order valence-electron chi connectivity index (χ0n) is 12.0. The fraction of sp³-hybridized carbons (Fsp3) is 0.429. The van der Waals surface area contributed by atoms with Gasteiger partial charge in [0.2, 0.25) is 5.91 Å². The fourth-order valence-electron chi connectivity index (χ4n) is 2.38. The molecule has 0 bridgehead atoms. The average molecular weight is 326 g/mol. The number of carbonyl (C=O) groups excluding carboxylic acids is 2. The molecule has 1 saturated heterocycles. The van der Waals surface area contributed by atoms with Crippen molar-refractivity contribution in [3.05, 3.63) is 35.4 Å². The lowest BCUT2D eigenvalue weighted by atomic mass is 9.96. The van der Waals surface area contributed by atoms with E-state index >= 15 is 0 Å². The number of carbonyl (C=O) groups is 2. The van der Waals surface area contributed by atoms with Crippen LogP contribution in [-0.4, -0.2) is 69.5 Å². The molecule has 2 rings (SSSR count). The molecule has 2 amide bonds. The van der Waals surface area contributed by atoms with Gasteiger partial charge in [-0.15, -0.1) is 0 Å². The van der Waals surface area contributed by atoms with Crippen molar-refractivity contribution in [3.8, 4) is 0 Å². The van der Waals surface area contributed by atoms with Gasteiger partial charge in [0.25, 0.3) is 5.91 Å². The molecule has 7 N–H and O–H groups in total. The third kappa shape index (κ3) is 3.49. The van der Waals surface area contributed by atoms with Crippen molar-refractivity contribution in [2.24, 2.45) is 5.73 Å². The average Bonchev–Trinajstić information content (AvgIpc) is 2.54. The van der Waals surface area contributed by atoms with Crippen LogP contribution in [0.3, 0.4) is 0 Å². The Balaban J connectivity index is 2.19. The normalized spacial score (nSPS) is 30.7. The van der Waals surface area contributed by atoms with Crippen LogP contribution < -0.4 is 11.1 Å². The van der Waals surface area contributed by atoms with E-state index in [2.05, 4.69) is 5.32 Å². The van der Waals surface area contributed by atoms with Crippen LogP contribution in [0.25, 0.3) is 0 Å². The molecule has 0 aromatic heterocycles. The van der Waals surface area contributed by atoms with Crippen LogP contribution >= 0.6 is 0 Å². The first-order valence-electron chi connectivity index (χ1n) is 6.87. The van der Waals surface area contributed by atoms with E-state index in [9.17, 15) is 24.9 Å². The van der Waals surface area contributed by atoms with Crippen molar-refractivity contribution in [1.82, 2.24) is 5.32 Å². The number of aliphatic hydroxyl groups is 4. The van der Waals surface area contributed by atoms with Crippen LogP contribution in [0.1, 0.15) is 20.7 Å². The molecule has 0 aliphatic carbocycles. The lowest BCUT2D eigenvalue weighted by molar-refractivity contribution is -0.252. The Hall–Kier alpha value is -2.04. The second-order valence-electron chi connectivity index (χ2n) is 5.14. The molecule has 1 aromatic carbocycles. The first kappa shape index (κ1) is 17.3. The first-order chi connectivity index (χ1) is 10.9. The van der Waals surface area contributed by atoms with E-state index in [0.717, 1.165) is 0 Å². The minimum Gasteiger partial charge on any atom is -0.394 e. The molecule has 0 spiro atoms. The summed E-state index contributed by atoms with van der Waals surface area (Å²) in [6.07, 6.45) is -5.89. The molecular weight excluding hydrogens is 308 g/mol. The van der Waals surface area contributed by atoms with Crippen molar-refractivity contribution in [3.63, 3.8) is 0 Å². The summed E-state index contributed by atoms with van der Waals surface area (Å²) < 4.78 is 4.93. The summed E-state index contributed by atoms with van der Waals surface area (Å²) in [6.45, 7) is -0.611. The van der Waals surface area contributed by atoms with Crippen molar-refractivity contribution in [2.75, 3.05) is 6.61 Å². The van der Waals surface area contributed by atoms with Crippen LogP contribution in [-0.2, 0) is 4.74 Å². The maximum absolute atomic E-state index is 12.3. The summed E-state index contributed by atoms with van der Waals surface area (Å²) in [6, 6.07) is 4.41. The lowest BCUT2D eigenvalue weighted by Crippen LogP contribution is -2.64. The van der Waals surface area contributed by atoms with Crippen molar-refractivity contribution in [1.29, 1.82) is 0 Å². The Morgan fingerprint density at radius 1 is 1.13 bits per heavy atom.